The van der Waals surface area contributed by atoms with Gasteiger partial charge in [-0.2, -0.15) is 0 Å². The zero-order chi connectivity index (χ0) is 19.5. The van der Waals surface area contributed by atoms with E-state index in [-0.39, 0.29) is 0 Å². The first kappa shape index (κ1) is 18.2. The van der Waals surface area contributed by atoms with Gasteiger partial charge in [0.2, 0.25) is 0 Å². The molecule has 2 aromatic heterocycles. The van der Waals surface area contributed by atoms with Crippen LogP contribution in [0.25, 0.3) is 22.1 Å². The number of para-hydroxylation sites is 3. The standard InChI is InChI=1S/C23H26N6/c1-2-8-20-19(7-1)24-17-22(25-20)18-11-15-28(16-12-18)13-5-6-14-29-23-10-4-3-9-21(23)26-27-29/h1-4,7-10,17-18H,5-6,11-16H2. The molecule has 0 saturated carbocycles. The molecule has 2 aromatic carbocycles. The minimum Gasteiger partial charge on any atom is -0.303 e. The van der Waals surface area contributed by atoms with E-state index in [0.29, 0.717) is 5.92 Å². The molecule has 1 aliphatic rings. The van der Waals surface area contributed by atoms with Gasteiger partial charge in [-0.1, -0.05) is 29.5 Å². The molecule has 6 heteroatoms. The molecule has 0 amide bonds. The second kappa shape index (κ2) is 8.25. The second-order valence-corrected chi connectivity index (χ2v) is 7.91. The Bertz CT molecular complexity index is 1100. The molecule has 0 bridgehead atoms. The maximum Gasteiger partial charge on any atom is 0.113 e. The summed E-state index contributed by atoms with van der Waals surface area (Å²) >= 11 is 0. The quantitative estimate of drug-likeness (QED) is 0.468. The van der Waals surface area contributed by atoms with Crippen LogP contribution < -0.4 is 0 Å². The van der Waals surface area contributed by atoms with Crippen molar-refractivity contribution in [1.82, 2.24) is 29.9 Å². The van der Waals surface area contributed by atoms with Crippen molar-refractivity contribution in [3.63, 3.8) is 0 Å². The molecule has 0 spiro atoms. The molecule has 5 rings (SSSR count). The summed E-state index contributed by atoms with van der Waals surface area (Å²) in [6.45, 7) is 4.38. The molecule has 1 aliphatic heterocycles. The number of aromatic nitrogens is 5. The first-order valence-corrected chi connectivity index (χ1v) is 10.6. The largest absolute Gasteiger partial charge is 0.303 e. The van der Waals surface area contributed by atoms with E-state index in [1.54, 1.807) is 0 Å². The van der Waals surface area contributed by atoms with E-state index in [0.717, 1.165) is 60.4 Å². The highest BCUT2D eigenvalue weighted by molar-refractivity contribution is 5.74. The number of hydrogen-bond donors (Lipinski definition) is 0. The number of hydrogen-bond acceptors (Lipinski definition) is 5. The molecule has 148 valence electrons. The van der Waals surface area contributed by atoms with E-state index in [1.807, 2.05) is 47.3 Å². The van der Waals surface area contributed by atoms with Crippen molar-refractivity contribution in [1.29, 1.82) is 0 Å². The van der Waals surface area contributed by atoms with Crippen LogP contribution in [0.5, 0.6) is 0 Å². The number of likely N-dealkylation sites (tertiary alicyclic amines) is 1. The van der Waals surface area contributed by atoms with Gasteiger partial charge in [-0.3, -0.25) is 4.98 Å². The molecule has 0 aliphatic carbocycles. The highest BCUT2D eigenvalue weighted by Gasteiger charge is 2.21. The summed E-state index contributed by atoms with van der Waals surface area (Å²) in [6, 6.07) is 16.3. The average molecular weight is 387 g/mol. The first-order chi connectivity index (χ1) is 14.4. The smallest absolute Gasteiger partial charge is 0.113 e. The minimum atomic E-state index is 0.532. The van der Waals surface area contributed by atoms with Crippen LogP contribution in [-0.2, 0) is 6.54 Å². The number of rotatable bonds is 6. The fourth-order valence-electron chi connectivity index (χ4n) is 4.30. The SMILES string of the molecule is c1ccc2nc(C3CCN(CCCCn4nnc5ccccc54)CC3)cnc2c1. The molecule has 4 aromatic rings. The van der Waals surface area contributed by atoms with Crippen LogP contribution in [0.2, 0.25) is 0 Å². The van der Waals surface area contributed by atoms with Crippen molar-refractivity contribution >= 4 is 22.1 Å². The lowest BCUT2D eigenvalue weighted by Gasteiger charge is -2.31. The summed E-state index contributed by atoms with van der Waals surface area (Å²) in [5.41, 5.74) is 5.25. The molecule has 1 fully saturated rings. The van der Waals surface area contributed by atoms with Crippen LogP contribution in [0.1, 0.15) is 37.3 Å². The molecule has 1 saturated heterocycles. The topological polar surface area (TPSA) is 59.7 Å². The normalized spacial score (nSPS) is 16.0. The van der Waals surface area contributed by atoms with Gasteiger partial charge in [-0.15, -0.1) is 5.10 Å². The van der Waals surface area contributed by atoms with Crippen molar-refractivity contribution in [2.45, 2.75) is 38.1 Å². The van der Waals surface area contributed by atoms with E-state index in [4.69, 9.17) is 4.98 Å². The third-order valence-corrected chi connectivity index (χ3v) is 5.99. The number of fused-ring (bicyclic) bond motifs is 2. The molecular formula is C23H26N6. The molecule has 29 heavy (non-hydrogen) atoms. The van der Waals surface area contributed by atoms with Crippen molar-refractivity contribution < 1.29 is 0 Å². The molecule has 0 atom stereocenters. The number of piperidine rings is 1. The molecule has 0 N–H and O–H groups in total. The Balaban J connectivity index is 1.09. The van der Waals surface area contributed by atoms with Gasteiger partial charge >= 0.3 is 0 Å². The van der Waals surface area contributed by atoms with Crippen molar-refractivity contribution in [2.75, 3.05) is 19.6 Å². The summed E-state index contributed by atoms with van der Waals surface area (Å²) in [5.74, 6) is 0.532. The maximum absolute atomic E-state index is 4.86. The summed E-state index contributed by atoms with van der Waals surface area (Å²) in [7, 11) is 0. The van der Waals surface area contributed by atoms with Crippen LogP contribution >= 0.6 is 0 Å². The van der Waals surface area contributed by atoms with Crippen LogP contribution in [0, 0.1) is 0 Å². The Morgan fingerprint density at radius 2 is 1.55 bits per heavy atom. The molecule has 6 nitrogen and oxygen atoms in total. The van der Waals surface area contributed by atoms with Gasteiger partial charge in [0, 0.05) is 18.7 Å². The van der Waals surface area contributed by atoms with E-state index < -0.39 is 0 Å². The molecular weight excluding hydrogens is 360 g/mol. The van der Waals surface area contributed by atoms with Gasteiger partial charge in [0.05, 0.1) is 22.2 Å². The van der Waals surface area contributed by atoms with E-state index in [1.165, 1.54) is 19.3 Å². The highest BCUT2D eigenvalue weighted by atomic mass is 15.4. The van der Waals surface area contributed by atoms with Crippen LogP contribution in [0.15, 0.2) is 54.7 Å². The predicted molar refractivity (Wildman–Crippen MR) is 115 cm³/mol. The maximum atomic E-state index is 4.86. The number of nitrogens with zero attached hydrogens (tertiary/aromatic N) is 6. The van der Waals surface area contributed by atoms with Gasteiger partial charge in [0.25, 0.3) is 0 Å². The zero-order valence-corrected chi connectivity index (χ0v) is 16.6. The number of unbranched alkanes of at least 4 members (excludes halogenated alkanes) is 1. The van der Waals surface area contributed by atoms with Crippen molar-refractivity contribution in [3.8, 4) is 0 Å². The zero-order valence-electron chi connectivity index (χ0n) is 16.6. The number of aryl methyl sites for hydroxylation is 1. The van der Waals surface area contributed by atoms with Gasteiger partial charge in [-0.25, -0.2) is 9.67 Å². The molecule has 0 unspecified atom stereocenters. The summed E-state index contributed by atoms with van der Waals surface area (Å²) in [6.07, 6.45) is 6.63. The van der Waals surface area contributed by atoms with Crippen molar-refractivity contribution in [3.05, 3.63) is 60.4 Å². The second-order valence-electron chi connectivity index (χ2n) is 7.91. The van der Waals surface area contributed by atoms with E-state index in [2.05, 4.69) is 32.3 Å². The Morgan fingerprint density at radius 1 is 0.828 bits per heavy atom. The summed E-state index contributed by atoms with van der Waals surface area (Å²) in [4.78, 5) is 12.0. The van der Waals surface area contributed by atoms with Gasteiger partial charge in [0.1, 0.15) is 5.52 Å². The third-order valence-electron chi connectivity index (χ3n) is 5.99. The fourth-order valence-corrected chi connectivity index (χ4v) is 4.30. The molecule has 0 radical (unpaired) electrons. The number of benzene rings is 2. The Labute approximate surface area is 170 Å². The Morgan fingerprint density at radius 3 is 2.41 bits per heavy atom. The van der Waals surface area contributed by atoms with Gasteiger partial charge < -0.3 is 4.90 Å². The Hall–Kier alpha value is -2.86. The predicted octanol–water partition coefficient (Wildman–Crippen LogP) is 4.03. The van der Waals surface area contributed by atoms with Crippen LogP contribution in [0.3, 0.4) is 0 Å². The van der Waals surface area contributed by atoms with E-state index in [9.17, 15) is 0 Å². The van der Waals surface area contributed by atoms with Gasteiger partial charge in [0.15, 0.2) is 0 Å². The van der Waals surface area contributed by atoms with Crippen LogP contribution in [-0.4, -0.2) is 49.5 Å². The monoisotopic (exact) mass is 386 g/mol. The summed E-state index contributed by atoms with van der Waals surface area (Å²) < 4.78 is 2.03. The van der Waals surface area contributed by atoms with Gasteiger partial charge in [-0.05, 0) is 69.6 Å². The lowest BCUT2D eigenvalue weighted by molar-refractivity contribution is 0.206. The Kier molecular flexibility index (Phi) is 5.17. The fraction of sp³-hybridized carbons (Fsp3) is 0.391. The van der Waals surface area contributed by atoms with E-state index >= 15 is 0 Å². The minimum absolute atomic E-state index is 0.532. The molecule has 3 heterocycles. The average Bonchev–Trinajstić information content (AvgIpc) is 3.20. The first-order valence-electron chi connectivity index (χ1n) is 10.6. The summed E-state index contributed by atoms with van der Waals surface area (Å²) in [5, 5.41) is 8.52. The highest BCUT2D eigenvalue weighted by Crippen LogP contribution is 2.27. The lowest BCUT2D eigenvalue weighted by Crippen LogP contribution is -2.34. The van der Waals surface area contributed by atoms with Crippen LogP contribution in [0.4, 0.5) is 0 Å². The third kappa shape index (κ3) is 3.98. The van der Waals surface area contributed by atoms with Crippen molar-refractivity contribution in [2.24, 2.45) is 0 Å². The lowest BCUT2D eigenvalue weighted by atomic mass is 9.93.